The van der Waals surface area contributed by atoms with Gasteiger partial charge in [0, 0.05) is 23.6 Å². The van der Waals surface area contributed by atoms with Crippen LogP contribution in [-0.4, -0.2) is 30.0 Å². The highest BCUT2D eigenvalue weighted by atomic mass is 19.3. The Morgan fingerprint density at radius 1 is 1.17 bits per heavy atom. The molecule has 10 heteroatoms. The SMILES string of the molecule is CCCCOc1ccc(C2(C)CC(c3ccc(C(F)F)cc3)=C(N3N=NCC3=O)C(=O)N2)c(F)c1. The lowest BCUT2D eigenvalue weighted by Gasteiger charge is -2.38. The van der Waals surface area contributed by atoms with Crippen molar-refractivity contribution in [2.75, 3.05) is 13.2 Å². The van der Waals surface area contributed by atoms with Gasteiger partial charge in [-0.3, -0.25) is 9.59 Å². The molecule has 1 unspecified atom stereocenters. The van der Waals surface area contributed by atoms with Gasteiger partial charge in [-0.25, -0.2) is 13.2 Å². The molecule has 2 heterocycles. The lowest BCUT2D eigenvalue weighted by Crippen LogP contribution is -2.51. The summed E-state index contributed by atoms with van der Waals surface area (Å²) in [6, 6.07) is 9.88. The maximum atomic E-state index is 15.2. The fourth-order valence-corrected chi connectivity index (χ4v) is 4.19. The standard InChI is InChI=1S/C25H25F3N4O3/c1-3-4-11-35-17-9-10-19(20(26)12-17)25(2)13-18(15-5-7-16(8-6-15)23(27)28)22(24(34)30-25)32-21(33)14-29-31-32/h5-10,12,23H,3-4,11,13-14H2,1-2H3,(H,30,34). The quantitative estimate of drug-likeness (QED) is 0.514. The summed E-state index contributed by atoms with van der Waals surface area (Å²) < 4.78 is 47.0. The molecule has 0 saturated carbocycles. The van der Waals surface area contributed by atoms with E-state index in [9.17, 15) is 18.4 Å². The average Bonchev–Trinajstić information content (AvgIpc) is 3.24. The van der Waals surface area contributed by atoms with Crippen molar-refractivity contribution in [3.05, 3.63) is 70.7 Å². The summed E-state index contributed by atoms with van der Waals surface area (Å²) in [6.45, 7) is 3.95. The maximum Gasteiger partial charge on any atom is 0.272 e. The van der Waals surface area contributed by atoms with E-state index in [1.165, 1.54) is 30.3 Å². The van der Waals surface area contributed by atoms with E-state index >= 15 is 4.39 Å². The van der Waals surface area contributed by atoms with Crippen LogP contribution in [0.15, 0.2) is 58.5 Å². The number of carbonyl (C=O) groups excluding carboxylic acids is 2. The van der Waals surface area contributed by atoms with Crippen LogP contribution in [-0.2, 0) is 15.1 Å². The number of alkyl halides is 2. The van der Waals surface area contributed by atoms with Crippen LogP contribution in [0.1, 0.15) is 56.2 Å². The number of unbranched alkanes of at least 4 members (excludes halogenated alkanes) is 1. The fourth-order valence-electron chi connectivity index (χ4n) is 4.19. The van der Waals surface area contributed by atoms with Crippen molar-refractivity contribution in [2.45, 2.75) is 45.1 Å². The molecule has 0 fully saturated rings. The van der Waals surface area contributed by atoms with E-state index in [1.807, 2.05) is 6.92 Å². The van der Waals surface area contributed by atoms with E-state index < -0.39 is 29.6 Å². The number of nitrogens with one attached hydrogen (secondary N) is 1. The molecule has 0 saturated heterocycles. The first-order valence-corrected chi connectivity index (χ1v) is 11.3. The van der Waals surface area contributed by atoms with E-state index in [0.717, 1.165) is 17.9 Å². The molecule has 2 amide bonds. The largest absolute Gasteiger partial charge is 0.493 e. The van der Waals surface area contributed by atoms with Crippen molar-refractivity contribution in [1.29, 1.82) is 0 Å². The van der Waals surface area contributed by atoms with Crippen molar-refractivity contribution in [3.63, 3.8) is 0 Å². The Hall–Kier alpha value is -3.69. The predicted octanol–water partition coefficient (Wildman–Crippen LogP) is 5.30. The van der Waals surface area contributed by atoms with E-state index in [-0.39, 0.29) is 29.8 Å². The molecule has 2 aromatic carbocycles. The van der Waals surface area contributed by atoms with Crippen LogP contribution in [0.3, 0.4) is 0 Å². The smallest absolute Gasteiger partial charge is 0.272 e. The lowest BCUT2D eigenvalue weighted by molar-refractivity contribution is -0.130. The number of hydrogen-bond donors (Lipinski definition) is 1. The molecule has 0 aliphatic carbocycles. The zero-order valence-corrected chi connectivity index (χ0v) is 19.4. The second-order valence-electron chi connectivity index (χ2n) is 8.65. The van der Waals surface area contributed by atoms with Crippen LogP contribution in [0, 0.1) is 5.82 Å². The molecule has 184 valence electrons. The number of ether oxygens (including phenoxy) is 1. The summed E-state index contributed by atoms with van der Waals surface area (Å²) in [7, 11) is 0. The Labute approximate surface area is 200 Å². The highest BCUT2D eigenvalue weighted by Gasteiger charge is 2.43. The number of nitrogens with zero attached hydrogens (tertiary/aromatic N) is 3. The van der Waals surface area contributed by atoms with Gasteiger partial charge < -0.3 is 10.1 Å². The number of amides is 2. The number of benzene rings is 2. The van der Waals surface area contributed by atoms with Gasteiger partial charge in [-0.2, -0.15) is 10.1 Å². The van der Waals surface area contributed by atoms with Gasteiger partial charge in [-0.15, -0.1) is 0 Å². The van der Waals surface area contributed by atoms with Crippen molar-refractivity contribution in [2.24, 2.45) is 10.3 Å². The van der Waals surface area contributed by atoms with Gasteiger partial charge >= 0.3 is 0 Å². The number of rotatable bonds is 8. The molecule has 0 spiro atoms. The van der Waals surface area contributed by atoms with Crippen molar-refractivity contribution < 1.29 is 27.5 Å². The van der Waals surface area contributed by atoms with E-state index in [1.54, 1.807) is 19.1 Å². The van der Waals surface area contributed by atoms with Crippen LogP contribution < -0.4 is 10.1 Å². The lowest BCUT2D eigenvalue weighted by atomic mass is 9.79. The number of halogens is 3. The molecule has 4 rings (SSSR count). The molecule has 2 aromatic rings. The monoisotopic (exact) mass is 486 g/mol. The molecule has 0 bridgehead atoms. The molecule has 7 nitrogen and oxygen atoms in total. The molecule has 1 N–H and O–H groups in total. The normalized spacial score (nSPS) is 20.1. The summed E-state index contributed by atoms with van der Waals surface area (Å²) >= 11 is 0. The van der Waals surface area contributed by atoms with Crippen LogP contribution in [0.4, 0.5) is 13.2 Å². The Morgan fingerprint density at radius 2 is 1.91 bits per heavy atom. The minimum atomic E-state index is -2.65. The van der Waals surface area contributed by atoms with Crippen LogP contribution >= 0.6 is 0 Å². The zero-order chi connectivity index (χ0) is 25.2. The second kappa shape index (κ2) is 9.89. The molecule has 1 atom stereocenters. The van der Waals surface area contributed by atoms with Crippen molar-refractivity contribution in [1.82, 2.24) is 10.3 Å². The van der Waals surface area contributed by atoms with Gasteiger partial charge in [-0.1, -0.05) is 48.9 Å². The summed E-state index contributed by atoms with van der Waals surface area (Å²) in [5.41, 5.74) is -0.388. The Bertz CT molecular complexity index is 1200. The molecule has 2 aliphatic rings. The highest BCUT2D eigenvalue weighted by Crippen LogP contribution is 2.41. The Kier molecular flexibility index (Phi) is 6.90. The third-order valence-electron chi connectivity index (χ3n) is 6.04. The first-order valence-electron chi connectivity index (χ1n) is 11.3. The minimum absolute atomic E-state index is 0.0570. The average molecular weight is 486 g/mol. The van der Waals surface area contributed by atoms with Gasteiger partial charge in [0.25, 0.3) is 18.2 Å². The predicted molar refractivity (Wildman–Crippen MR) is 122 cm³/mol. The third-order valence-corrected chi connectivity index (χ3v) is 6.04. The van der Waals surface area contributed by atoms with Gasteiger partial charge in [0.05, 0.1) is 12.1 Å². The maximum absolute atomic E-state index is 15.2. The van der Waals surface area contributed by atoms with Crippen LogP contribution in [0.5, 0.6) is 5.75 Å². The van der Waals surface area contributed by atoms with E-state index in [0.29, 0.717) is 23.5 Å². The molecule has 35 heavy (non-hydrogen) atoms. The third kappa shape index (κ3) is 4.91. The van der Waals surface area contributed by atoms with Crippen LogP contribution in [0.25, 0.3) is 5.57 Å². The molecule has 0 radical (unpaired) electrons. The Morgan fingerprint density at radius 3 is 2.51 bits per heavy atom. The topological polar surface area (TPSA) is 83.4 Å². The first kappa shape index (κ1) is 24.4. The van der Waals surface area contributed by atoms with Gasteiger partial charge in [0.15, 0.2) is 0 Å². The molecular formula is C25H25F3N4O3. The summed E-state index contributed by atoms with van der Waals surface area (Å²) in [6.07, 6.45) is -0.794. The first-order chi connectivity index (χ1) is 16.7. The van der Waals surface area contributed by atoms with Crippen LogP contribution in [0.2, 0.25) is 0 Å². The Balaban J connectivity index is 1.75. The fraction of sp³-hybridized carbons (Fsp3) is 0.360. The highest BCUT2D eigenvalue weighted by molar-refractivity contribution is 6.06. The number of hydrogen-bond acceptors (Lipinski definition) is 5. The summed E-state index contributed by atoms with van der Waals surface area (Å²) in [4.78, 5) is 25.6. The second-order valence-corrected chi connectivity index (χ2v) is 8.65. The van der Waals surface area contributed by atoms with E-state index in [4.69, 9.17) is 4.74 Å². The summed E-state index contributed by atoms with van der Waals surface area (Å²) in [5.74, 6) is -1.33. The van der Waals surface area contributed by atoms with Gasteiger partial charge in [-0.05, 0) is 30.5 Å². The van der Waals surface area contributed by atoms with Crippen molar-refractivity contribution in [3.8, 4) is 5.75 Å². The minimum Gasteiger partial charge on any atom is -0.493 e. The molecule has 0 aromatic heterocycles. The number of carbonyl (C=O) groups is 2. The molecular weight excluding hydrogens is 461 g/mol. The van der Waals surface area contributed by atoms with Crippen molar-refractivity contribution >= 4 is 17.4 Å². The zero-order valence-electron chi connectivity index (χ0n) is 19.4. The summed E-state index contributed by atoms with van der Waals surface area (Å²) in [5, 5.41) is 11.2. The van der Waals surface area contributed by atoms with E-state index in [2.05, 4.69) is 15.7 Å². The molecule has 2 aliphatic heterocycles. The van der Waals surface area contributed by atoms with Gasteiger partial charge in [0.1, 0.15) is 23.8 Å². The van der Waals surface area contributed by atoms with Gasteiger partial charge in [0.2, 0.25) is 0 Å².